The van der Waals surface area contributed by atoms with Crippen LogP contribution >= 0.6 is 11.3 Å². The number of rotatable bonds is 4. The zero-order chi connectivity index (χ0) is 16.4. The van der Waals surface area contributed by atoms with Gasteiger partial charge in [0, 0.05) is 10.4 Å². The highest BCUT2D eigenvalue weighted by Gasteiger charge is 2.32. The summed E-state index contributed by atoms with van der Waals surface area (Å²) < 4.78 is 24.2. The molecule has 2 aromatic rings. The van der Waals surface area contributed by atoms with E-state index in [1.54, 1.807) is 57.2 Å². The fourth-order valence-corrected chi connectivity index (χ4v) is 4.79. The van der Waals surface area contributed by atoms with Crippen molar-refractivity contribution in [2.45, 2.75) is 36.3 Å². The summed E-state index contributed by atoms with van der Waals surface area (Å²) in [5, 5.41) is 2.80. The van der Waals surface area contributed by atoms with E-state index < -0.39 is 14.6 Å². The molecule has 0 aliphatic heterocycles. The molecule has 4 nitrogen and oxygen atoms in total. The second kappa shape index (κ2) is 6.22. The fraction of sp³-hybridized carbons (Fsp3) is 0.312. The molecular formula is C16H19NO3S2. The molecule has 118 valence electrons. The van der Waals surface area contributed by atoms with Crippen LogP contribution in [0.5, 0.6) is 0 Å². The minimum absolute atomic E-state index is 0.172. The maximum atomic E-state index is 12.3. The monoisotopic (exact) mass is 337 g/mol. The molecule has 0 spiro atoms. The van der Waals surface area contributed by atoms with Gasteiger partial charge in [0.1, 0.15) is 4.21 Å². The van der Waals surface area contributed by atoms with Crippen LogP contribution < -0.4 is 5.32 Å². The van der Waals surface area contributed by atoms with Crippen molar-refractivity contribution in [3.8, 4) is 0 Å². The summed E-state index contributed by atoms with van der Waals surface area (Å²) in [6, 6.07) is 12.3. The average molecular weight is 337 g/mol. The zero-order valence-corrected chi connectivity index (χ0v) is 14.4. The van der Waals surface area contributed by atoms with Crippen molar-refractivity contribution in [2.75, 3.05) is 0 Å². The number of thiophene rings is 1. The van der Waals surface area contributed by atoms with Crippen LogP contribution in [-0.2, 0) is 16.4 Å². The van der Waals surface area contributed by atoms with Gasteiger partial charge in [-0.05, 0) is 45.0 Å². The molecule has 0 saturated heterocycles. The highest BCUT2D eigenvalue weighted by atomic mass is 32.2. The Bertz CT molecular complexity index is 756. The van der Waals surface area contributed by atoms with Gasteiger partial charge in [0.15, 0.2) is 9.84 Å². The van der Waals surface area contributed by atoms with Gasteiger partial charge in [0.25, 0.3) is 5.91 Å². The molecule has 1 aromatic heterocycles. The third-order valence-electron chi connectivity index (χ3n) is 3.17. The van der Waals surface area contributed by atoms with Crippen LogP contribution in [0, 0.1) is 0 Å². The molecule has 0 saturated carbocycles. The van der Waals surface area contributed by atoms with Crippen molar-refractivity contribution in [1.82, 2.24) is 5.32 Å². The largest absolute Gasteiger partial charge is 0.347 e. The molecule has 0 bridgehead atoms. The van der Waals surface area contributed by atoms with Gasteiger partial charge in [0.2, 0.25) is 0 Å². The average Bonchev–Trinajstić information content (AvgIpc) is 2.94. The van der Waals surface area contributed by atoms with E-state index in [9.17, 15) is 13.2 Å². The molecule has 0 radical (unpaired) electrons. The van der Waals surface area contributed by atoms with E-state index in [2.05, 4.69) is 5.32 Å². The molecule has 0 atom stereocenters. The molecular weight excluding hydrogens is 318 g/mol. The van der Waals surface area contributed by atoms with Gasteiger partial charge in [-0.15, -0.1) is 11.3 Å². The number of sulfone groups is 1. The van der Waals surface area contributed by atoms with E-state index in [-0.39, 0.29) is 5.91 Å². The molecule has 0 fully saturated rings. The number of carbonyl (C=O) groups excluding carboxylic acids is 1. The van der Waals surface area contributed by atoms with E-state index >= 15 is 0 Å². The standard InChI is InChI=1S/C16H19NO3S2/c1-16(2,3)22(19,20)14-10-9-13(21-14)11-17-15(18)12-7-5-4-6-8-12/h4-10H,11H2,1-3H3,(H,17,18). The molecule has 1 N–H and O–H groups in total. The van der Waals surface area contributed by atoms with Crippen LogP contribution in [0.2, 0.25) is 0 Å². The third-order valence-corrected chi connectivity index (χ3v) is 7.23. The van der Waals surface area contributed by atoms with Crippen LogP contribution in [0.1, 0.15) is 36.0 Å². The molecule has 0 aliphatic carbocycles. The first-order chi connectivity index (χ1) is 10.2. The lowest BCUT2D eigenvalue weighted by Gasteiger charge is -2.17. The minimum atomic E-state index is -3.34. The maximum absolute atomic E-state index is 12.3. The number of nitrogens with one attached hydrogen (secondary N) is 1. The number of amides is 1. The molecule has 1 aromatic carbocycles. The lowest BCUT2D eigenvalue weighted by atomic mass is 10.2. The van der Waals surface area contributed by atoms with Crippen molar-refractivity contribution >= 4 is 27.1 Å². The highest BCUT2D eigenvalue weighted by molar-refractivity contribution is 7.94. The van der Waals surface area contributed by atoms with Crippen LogP contribution in [0.4, 0.5) is 0 Å². The number of carbonyl (C=O) groups is 1. The van der Waals surface area contributed by atoms with Crippen molar-refractivity contribution in [3.63, 3.8) is 0 Å². The third kappa shape index (κ3) is 3.56. The SMILES string of the molecule is CC(C)(C)S(=O)(=O)c1ccc(CNC(=O)c2ccccc2)s1. The molecule has 6 heteroatoms. The first-order valence-corrected chi connectivity index (χ1v) is 9.18. The number of hydrogen-bond acceptors (Lipinski definition) is 4. The summed E-state index contributed by atoms with van der Waals surface area (Å²) in [7, 11) is -3.34. The summed E-state index contributed by atoms with van der Waals surface area (Å²) >= 11 is 1.20. The molecule has 2 rings (SSSR count). The molecule has 1 heterocycles. The first kappa shape index (κ1) is 16.7. The predicted molar refractivity (Wildman–Crippen MR) is 88.9 cm³/mol. The van der Waals surface area contributed by atoms with E-state index in [0.717, 1.165) is 4.88 Å². The van der Waals surface area contributed by atoms with Crippen LogP contribution in [0.15, 0.2) is 46.7 Å². The highest BCUT2D eigenvalue weighted by Crippen LogP contribution is 2.30. The normalized spacial score (nSPS) is 12.1. The Morgan fingerprint density at radius 1 is 1.09 bits per heavy atom. The summed E-state index contributed by atoms with van der Waals surface area (Å²) in [6.45, 7) is 5.36. The summed E-state index contributed by atoms with van der Waals surface area (Å²) in [6.07, 6.45) is 0. The van der Waals surface area contributed by atoms with E-state index in [4.69, 9.17) is 0 Å². The van der Waals surface area contributed by atoms with E-state index in [1.165, 1.54) is 11.3 Å². The Morgan fingerprint density at radius 2 is 1.73 bits per heavy atom. The van der Waals surface area contributed by atoms with Gasteiger partial charge in [0.05, 0.1) is 11.3 Å². The van der Waals surface area contributed by atoms with Gasteiger partial charge in [-0.2, -0.15) is 0 Å². The molecule has 0 unspecified atom stereocenters. The zero-order valence-electron chi connectivity index (χ0n) is 12.8. The second-order valence-electron chi connectivity index (χ2n) is 5.89. The number of benzene rings is 1. The van der Waals surface area contributed by atoms with Crippen LogP contribution in [0.3, 0.4) is 0 Å². The van der Waals surface area contributed by atoms with Gasteiger partial charge in [-0.3, -0.25) is 4.79 Å². The van der Waals surface area contributed by atoms with Crippen molar-refractivity contribution in [3.05, 3.63) is 52.9 Å². The molecule has 0 aliphatic rings. The molecule has 1 amide bonds. The predicted octanol–water partition coefficient (Wildman–Crippen LogP) is 3.25. The Morgan fingerprint density at radius 3 is 2.32 bits per heavy atom. The topological polar surface area (TPSA) is 63.2 Å². The van der Waals surface area contributed by atoms with Gasteiger partial charge in [-0.25, -0.2) is 8.42 Å². The Balaban J connectivity index is 2.06. The van der Waals surface area contributed by atoms with Crippen LogP contribution in [-0.4, -0.2) is 19.1 Å². The Kier molecular flexibility index (Phi) is 4.72. The Hall–Kier alpha value is -1.66. The minimum Gasteiger partial charge on any atom is -0.347 e. The maximum Gasteiger partial charge on any atom is 0.251 e. The summed E-state index contributed by atoms with van der Waals surface area (Å²) in [5.41, 5.74) is 0.585. The van der Waals surface area contributed by atoms with Crippen LogP contribution in [0.25, 0.3) is 0 Å². The quantitative estimate of drug-likeness (QED) is 0.931. The van der Waals surface area contributed by atoms with Gasteiger partial charge in [-0.1, -0.05) is 18.2 Å². The second-order valence-corrected chi connectivity index (χ2v) is 9.98. The van der Waals surface area contributed by atoms with Gasteiger partial charge < -0.3 is 5.32 Å². The van der Waals surface area contributed by atoms with Crippen molar-refractivity contribution in [1.29, 1.82) is 0 Å². The van der Waals surface area contributed by atoms with E-state index in [1.807, 2.05) is 6.07 Å². The molecule has 22 heavy (non-hydrogen) atoms. The summed E-state index contributed by atoms with van der Waals surface area (Å²) in [4.78, 5) is 12.8. The summed E-state index contributed by atoms with van der Waals surface area (Å²) in [5.74, 6) is -0.172. The fourth-order valence-electron chi connectivity index (χ4n) is 1.76. The smallest absolute Gasteiger partial charge is 0.251 e. The first-order valence-electron chi connectivity index (χ1n) is 6.88. The lowest BCUT2D eigenvalue weighted by molar-refractivity contribution is 0.0951. The van der Waals surface area contributed by atoms with Crippen molar-refractivity contribution < 1.29 is 13.2 Å². The van der Waals surface area contributed by atoms with Crippen molar-refractivity contribution in [2.24, 2.45) is 0 Å². The van der Waals surface area contributed by atoms with Gasteiger partial charge >= 0.3 is 0 Å². The Labute approximate surface area is 135 Å². The lowest BCUT2D eigenvalue weighted by Crippen LogP contribution is -2.27. The van der Waals surface area contributed by atoms with E-state index in [0.29, 0.717) is 16.3 Å². The number of hydrogen-bond donors (Lipinski definition) is 1.